The van der Waals surface area contributed by atoms with E-state index in [1.165, 1.54) is 18.2 Å². The standard InChI is InChI=1S/C28H25F3N6O/c1-27(2,3)23-16-24(37(35-23)22-9-5-4-7-20(22)28(29,30)31)34-25(38)15-18-10-12-19(13-11-18)36-17-33-21-8-6-14-32-26(21)36/h4-14,16-17H,15H2,1-3H3,(H,34,38). The van der Waals surface area contributed by atoms with Crippen LogP contribution in [0.5, 0.6) is 0 Å². The molecular weight excluding hydrogens is 493 g/mol. The first-order chi connectivity index (χ1) is 18.0. The van der Waals surface area contributed by atoms with Crippen molar-refractivity contribution in [2.75, 3.05) is 5.32 Å². The number of alkyl halides is 3. The normalized spacial score (nSPS) is 12.2. The van der Waals surface area contributed by atoms with Crippen molar-refractivity contribution in [1.82, 2.24) is 24.3 Å². The minimum Gasteiger partial charge on any atom is -0.310 e. The van der Waals surface area contributed by atoms with Crippen molar-refractivity contribution >= 4 is 22.9 Å². The maximum absolute atomic E-state index is 13.7. The summed E-state index contributed by atoms with van der Waals surface area (Å²) in [5, 5.41) is 7.20. The zero-order valence-corrected chi connectivity index (χ0v) is 21.0. The fourth-order valence-corrected chi connectivity index (χ4v) is 4.10. The van der Waals surface area contributed by atoms with Gasteiger partial charge in [0.1, 0.15) is 17.7 Å². The molecule has 3 aromatic heterocycles. The van der Waals surface area contributed by atoms with Crippen LogP contribution in [-0.2, 0) is 22.8 Å². The molecule has 0 bridgehead atoms. The van der Waals surface area contributed by atoms with Gasteiger partial charge in [0.05, 0.1) is 23.4 Å². The number of anilines is 1. The van der Waals surface area contributed by atoms with E-state index in [4.69, 9.17) is 0 Å². The van der Waals surface area contributed by atoms with Crippen LogP contribution in [0.2, 0.25) is 0 Å². The van der Waals surface area contributed by atoms with E-state index in [2.05, 4.69) is 20.4 Å². The SMILES string of the molecule is CC(C)(C)c1cc(NC(=O)Cc2ccc(-n3cnc4cccnc43)cc2)n(-c2ccccc2C(F)(F)F)n1. The number of carbonyl (C=O) groups excluding carboxylic acids is 1. The highest BCUT2D eigenvalue weighted by atomic mass is 19.4. The van der Waals surface area contributed by atoms with Crippen molar-refractivity contribution in [3.05, 3.63) is 96.1 Å². The molecule has 10 heteroatoms. The second-order valence-corrected chi connectivity index (χ2v) is 9.94. The van der Waals surface area contributed by atoms with Gasteiger partial charge in [-0.3, -0.25) is 9.36 Å². The number of nitrogens with one attached hydrogen (secondary N) is 1. The van der Waals surface area contributed by atoms with Gasteiger partial charge in [-0.1, -0.05) is 45.0 Å². The van der Waals surface area contributed by atoms with E-state index >= 15 is 0 Å². The first-order valence-corrected chi connectivity index (χ1v) is 11.9. The molecule has 0 saturated carbocycles. The Labute approximate surface area is 217 Å². The van der Waals surface area contributed by atoms with Gasteiger partial charge < -0.3 is 5.32 Å². The second kappa shape index (κ2) is 9.44. The number of para-hydroxylation sites is 1. The quantitative estimate of drug-likeness (QED) is 0.305. The number of halogens is 3. The maximum Gasteiger partial charge on any atom is 0.418 e. The van der Waals surface area contributed by atoms with Crippen molar-refractivity contribution in [3.63, 3.8) is 0 Å². The van der Waals surface area contributed by atoms with E-state index in [1.807, 2.05) is 61.7 Å². The summed E-state index contributed by atoms with van der Waals surface area (Å²) in [7, 11) is 0. The average Bonchev–Trinajstić information content (AvgIpc) is 3.49. The van der Waals surface area contributed by atoms with Crippen molar-refractivity contribution in [1.29, 1.82) is 0 Å². The van der Waals surface area contributed by atoms with Crippen LogP contribution < -0.4 is 5.32 Å². The molecule has 0 fully saturated rings. The van der Waals surface area contributed by atoms with Gasteiger partial charge in [-0.25, -0.2) is 14.6 Å². The van der Waals surface area contributed by atoms with Crippen molar-refractivity contribution in [3.8, 4) is 11.4 Å². The number of hydrogen-bond donors (Lipinski definition) is 1. The molecule has 5 rings (SSSR count). The van der Waals surface area contributed by atoms with Gasteiger partial charge in [-0.15, -0.1) is 0 Å². The largest absolute Gasteiger partial charge is 0.418 e. The lowest BCUT2D eigenvalue weighted by Crippen LogP contribution is -2.19. The Morgan fingerprint density at radius 1 is 0.947 bits per heavy atom. The molecule has 0 saturated heterocycles. The van der Waals surface area contributed by atoms with Crippen LogP contribution in [0.25, 0.3) is 22.5 Å². The summed E-state index contributed by atoms with van der Waals surface area (Å²) < 4.78 is 44.2. The fourth-order valence-electron chi connectivity index (χ4n) is 4.10. The smallest absolute Gasteiger partial charge is 0.310 e. The number of fused-ring (bicyclic) bond motifs is 1. The molecule has 2 aromatic carbocycles. The van der Waals surface area contributed by atoms with Crippen molar-refractivity contribution in [2.24, 2.45) is 0 Å². The molecule has 0 atom stereocenters. The Morgan fingerprint density at radius 2 is 1.68 bits per heavy atom. The van der Waals surface area contributed by atoms with Crippen LogP contribution in [0.3, 0.4) is 0 Å². The lowest BCUT2D eigenvalue weighted by molar-refractivity contribution is -0.137. The summed E-state index contributed by atoms with van der Waals surface area (Å²) in [5.74, 6) is -0.206. The number of pyridine rings is 1. The van der Waals surface area contributed by atoms with E-state index in [1.54, 1.807) is 18.6 Å². The van der Waals surface area contributed by atoms with Crippen LogP contribution in [0.4, 0.5) is 19.0 Å². The van der Waals surface area contributed by atoms with Gasteiger partial charge in [0.2, 0.25) is 5.91 Å². The Hall–Kier alpha value is -4.47. The van der Waals surface area contributed by atoms with Crippen molar-refractivity contribution < 1.29 is 18.0 Å². The van der Waals surface area contributed by atoms with E-state index in [-0.39, 0.29) is 23.8 Å². The highest BCUT2D eigenvalue weighted by molar-refractivity contribution is 5.92. The zero-order valence-electron chi connectivity index (χ0n) is 21.0. The molecule has 0 unspecified atom stereocenters. The minimum absolute atomic E-state index is 0.0279. The number of aromatic nitrogens is 5. The Bertz CT molecular complexity index is 1610. The Morgan fingerprint density at radius 3 is 2.39 bits per heavy atom. The Balaban J connectivity index is 1.40. The summed E-state index contributed by atoms with van der Waals surface area (Å²) in [5.41, 5.74) is 2.19. The predicted molar refractivity (Wildman–Crippen MR) is 138 cm³/mol. The number of rotatable bonds is 5. The molecule has 0 spiro atoms. The molecule has 0 aliphatic rings. The second-order valence-electron chi connectivity index (χ2n) is 9.94. The summed E-state index contributed by atoms with van der Waals surface area (Å²) in [6.07, 6.45) is -1.17. The third kappa shape index (κ3) is 5.02. The molecule has 0 radical (unpaired) electrons. The van der Waals surface area contributed by atoms with Crippen molar-refractivity contribution in [2.45, 2.75) is 38.8 Å². The van der Waals surface area contributed by atoms with Gasteiger partial charge in [0.15, 0.2) is 5.65 Å². The molecule has 194 valence electrons. The number of benzene rings is 2. The first-order valence-electron chi connectivity index (χ1n) is 11.9. The summed E-state index contributed by atoms with van der Waals surface area (Å²) in [6, 6.07) is 17.8. The summed E-state index contributed by atoms with van der Waals surface area (Å²) in [4.78, 5) is 21.7. The number of hydrogen-bond acceptors (Lipinski definition) is 4. The first kappa shape index (κ1) is 25.2. The molecule has 0 aliphatic heterocycles. The topological polar surface area (TPSA) is 77.6 Å². The van der Waals surface area contributed by atoms with Crippen LogP contribution in [0.1, 0.15) is 37.6 Å². The van der Waals surface area contributed by atoms with E-state index in [0.29, 0.717) is 5.69 Å². The number of imidazole rings is 1. The minimum atomic E-state index is -4.58. The zero-order chi connectivity index (χ0) is 27.1. The molecule has 0 aliphatic carbocycles. The molecule has 38 heavy (non-hydrogen) atoms. The lowest BCUT2D eigenvalue weighted by atomic mass is 9.92. The molecule has 3 heterocycles. The van der Waals surface area contributed by atoms with Crippen LogP contribution >= 0.6 is 0 Å². The Kier molecular flexibility index (Phi) is 6.26. The third-order valence-electron chi connectivity index (χ3n) is 6.07. The average molecular weight is 519 g/mol. The molecule has 1 N–H and O–H groups in total. The monoisotopic (exact) mass is 518 g/mol. The van der Waals surface area contributed by atoms with Gasteiger partial charge in [0, 0.05) is 23.4 Å². The van der Waals surface area contributed by atoms with E-state index < -0.39 is 17.2 Å². The van der Waals surface area contributed by atoms with Crippen LogP contribution in [0, 0.1) is 0 Å². The van der Waals surface area contributed by atoms with Gasteiger partial charge in [-0.05, 0) is 42.0 Å². The summed E-state index contributed by atoms with van der Waals surface area (Å²) >= 11 is 0. The molecule has 7 nitrogen and oxygen atoms in total. The number of amides is 1. The number of nitrogens with zero attached hydrogens (tertiary/aromatic N) is 5. The van der Waals surface area contributed by atoms with E-state index in [0.717, 1.165) is 33.2 Å². The lowest BCUT2D eigenvalue weighted by Gasteiger charge is -2.16. The molecule has 5 aromatic rings. The van der Waals surface area contributed by atoms with Gasteiger partial charge >= 0.3 is 6.18 Å². The van der Waals surface area contributed by atoms with Crippen LogP contribution in [0.15, 0.2) is 79.3 Å². The highest BCUT2D eigenvalue weighted by Crippen LogP contribution is 2.35. The predicted octanol–water partition coefficient (Wildman–Crippen LogP) is 6.10. The molecular formula is C28H25F3N6O. The number of carbonyl (C=O) groups is 1. The fraction of sp³-hybridized carbons (Fsp3) is 0.214. The van der Waals surface area contributed by atoms with Gasteiger partial charge in [-0.2, -0.15) is 18.3 Å². The van der Waals surface area contributed by atoms with Crippen LogP contribution in [-0.4, -0.2) is 30.2 Å². The molecule has 1 amide bonds. The highest BCUT2D eigenvalue weighted by Gasteiger charge is 2.35. The maximum atomic E-state index is 13.7. The summed E-state index contributed by atoms with van der Waals surface area (Å²) in [6.45, 7) is 5.71. The van der Waals surface area contributed by atoms with Gasteiger partial charge in [0.25, 0.3) is 0 Å². The third-order valence-corrected chi connectivity index (χ3v) is 6.07. The van der Waals surface area contributed by atoms with E-state index in [9.17, 15) is 18.0 Å².